The van der Waals surface area contributed by atoms with Crippen molar-refractivity contribution in [3.8, 4) is 0 Å². The fourth-order valence-corrected chi connectivity index (χ4v) is 1.04. The lowest BCUT2D eigenvalue weighted by molar-refractivity contribution is 0.328. The molecule has 1 N–H and O–H groups in total. The largest absolute Gasteiger partial charge is 0.294 e. The zero-order valence-corrected chi connectivity index (χ0v) is 8.39. The summed E-state index contributed by atoms with van der Waals surface area (Å²) in [5.41, 5.74) is 0. The molecule has 2 unspecified atom stereocenters. The van der Waals surface area contributed by atoms with Crippen LogP contribution in [0.25, 0.3) is 0 Å². The minimum absolute atomic E-state index is 0.455. The summed E-state index contributed by atoms with van der Waals surface area (Å²) in [6, 6.07) is 0. The summed E-state index contributed by atoms with van der Waals surface area (Å²) < 4.78 is 20.6. The van der Waals surface area contributed by atoms with Gasteiger partial charge in [-0.25, -0.2) is 8.51 Å². The van der Waals surface area contributed by atoms with E-state index in [0.717, 1.165) is 0 Å². The lowest BCUT2D eigenvalue weighted by Gasteiger charge is -2.20. The van der Waals surface area contributed by atoms with E-state index in [9.17, 15) is 4.21 Å². The molecule has 0 bridgehead atoms. The zero-order chi connectivity index (χ0) is 9.02. The second kappa shape index (κ2) is 4.85. The third-order valence-electron chi connectivity index (χ3n) is 1.95. The number of hydrogen-bond acceptors (Lipinski definition) is 1. The van der Waals surface area contributed by atoms with Crippen LogP contribution in [0.4, 0.5) is 0 Å². The van der Waals surface area contributed by atoms with Crippen LogP contribution >= 0.6 is 0 Å². The van der Waals surface area contributed by atoms with Crippen LogP contribution in [0.1, 0.15) is 20.8 Å². The van der Waals surface area contributed by atoms with E-state index in [1.807, 2.05) is 0 Å². The first-order chi connectivity index (χ1) is 4.95. The summed E-state index contributed by atoms with van der Waals surface area (Å²) in [6.45, 7) is 6.96. The van der Waals surface area contributed by atoms with Gasteiger partial charge in [0.05, 0.1) is 0 Å². The quantitative estimate of drug-likeness (QED) is 0.662. The van der Waals surface area contributed by atoms with E-state index in [2.05, 4.69) is 20.8 Å². The van der Waals surface area contributed by atoms with Gasteiger partial charge in [0.15, 0.2) is 0 Å². The van der Waals surface area contributed by atoms with Crippen LogP contribution in [-0.4, -0.2) is 26.7 Å². The highest BCUT2D eigenvalue weighted by molar-refractivity contribution is 7.76. The molecular formula is C7H17NO2S. The van der Waals surface area contributed by atoms with Crippen LogP contribution in [-0.2, 0) is 11.3 Å². The van der Waals surface area contributed by atoms with Crippen LogP contribution in [0.2, 0.25) is 0 Å². The summed E-state index contributed by atoms with van der Waals surface area (Å²) >= 11 is -1.81. The molecule has 0 aromatic heterocycles. The average molecular weight is 179 g/mol. The van der Waals surface area contributed by atoms with Crippen molar-refractivity contribution in [1.29, 1.82) is 0 Å². The van der Waals surface area contributed by atoms with Gasteiger partial charge in [-0.15, -0.1) is 0 Å². The third kappa shape index (κ3) is 4.50. The Kier molecular flexibility index (Phi) is 4.88. The molecule has 0 aliphatic carbocycles. The van der Waals surface area contributed by atoms with Gasteiger partial charge >= 0.3 is 0 Å². The van der Waals surface area contributed by atoms with Gasteiger partial charge in [0.25, 0.3) is 0 Å². The van der Waals surface area contributed by atoms with Gasteiger partial charge in [0, 0.05) is 13.6 Å². The summed E-state index contributed by atoms with van der Waals surface area (Å²) in [4.78, 5) is 0. The van der Waals surface area contributed by atoms with Crippen molar-refractivity contribution >= 4 is 11.3 Å². The SMILES string of the molecule is CC(C)C(C)CN(C)S(=O)O. The maximum atomic E-state index is 10.5. The van der Waals surface area contributed by atoms with Gasteiger partial charge in [-0.2, -0.15) is 0 Å². The van der Waals surface area contributed by atoms with Gasteiger partial charge in [-0.3, -0.25) is 4.55 Å². The Hall–Kier alpha value is 0.0700. The second-order valence-electron chi connectivity index (χ2n) is 3.26. The summed E-state index contributed by atoms with van der Waals surface area (Å²) in [5, 5.41) is 0. The molecule has 0 aliphatic heterocycles. The minimum Gasteiger partial charge on any atom is -0.294 e. The number of nitrogens with zero attached hydrogens (tertiary/aromatic N) is 1. The zero-order valence-electron chi connectivity index (χ0n) is 7.57. The van der Waals surface area contributed by atoms with E-state index in [4.69, 9.17) is 4.55 Å². The molecule has 4 heteroatoms. The Balaban J connectivity index is 3.75. The molecule has 68 valence electrons. The lowest BCUT2D eigenvalue weighted by atomic mass is 9.98. The third-order valence-corrected chi connectivity index (χ3v) is 2.63. The van der Waals surface area contributed by atoms with Crippen molar-refractivity contribution in [3.63, 3.8) is 0 Å². The van der Waals surface area contributed by atoms with Crippen LogP contribution in [0.3, 0.4) is 0 Å². The van der Waals surface area contributed by atoms with Crippen molar-refractivity contribution in [1.82, 2.24) is 4.31 Å². The van der Waals surface area contributed by atoms with Gasteiger partial charge in [0.1, 0.15) is 0 Å². The molecule has 0 spiro atoms. The van der Waals surface area contributed by atoms with Gasteiger partial charge in [-0.05, 0) is 11.8 Å². The highest BCUT2D eigenvalue weighted by Crippen LogP contribution is 2.10. The molecule has 11 heavy (non-hydrogen) atoms. The average Bonchev–Trinajstić information content (AvgIpc) is 1.87. The molecule has 2 atom stereocenters. The number of rotatable bonds is 4. The monoisotopic (exact) mass is 179 g/mol. The van der Waals surface area contributed by atoms with Crippen molar-refractivity contribution in [2.24, 2.45) is 11.8 Å². The van der Waals surface area contributed by atoms with Crippen molar-refractivity contribution in [3.05, 3.63) is 0 Å². The van der Waals surface area contributed by atoms with Crippen molar-refractivity contribution < 1.29 is 8.76 Å². The standard InChI is InChI=1S/C7H17NO2S/c1-6(2)7(3)5-8(4)11(9)10/h6-7H,5H2,1-4H3,(H,9,10). The molecule has 0 saturated carbocycles. The topological polar surface area (TPSA) is 40.5 Å². The molecule has 0 heterocycles. The van der Waals surface area contributed by atoms with Gasteiger partial charge < -0.3 is 0 Å². The smallest absolute Gasteiger partial charge is 0.234 e. The van der Waals surface area contributed by atoms with Crippen LogP contribution in [0.15, 0.2) is 0 Å². The molecule has 0 rings (SSSR count). The molecule has 0 fully saturated rings. The highest BCUT2D eigenvalue weighted by Gasteiger charge is 2.12. The Labute approximate surface area is 71.2 Å². The fraction of sp³-hybridized carbons (Fsp3) is 1.00. The van der Waals surface area contributed by atoms with E-state index >= 15 is 0 Å². The van der Waals surface area contributed by atoms with Crippen LogP contribution in [0, 0.1) is 11.8 Å². The molecule has 3 nitrogen and oxygen atoms in total. The summed E-state index contributed by atoms with van der Waals surface area (Å²) in [7, 11) is 1.65. The molecule has 0 radical (unpaired) electrons. The normalized spacial score (nSPS) is 17.4. The molecular weight excluding hydrogens is 162 g/mol. The van der Waals surface area contributed by atoms with Gasteiger partial charge in [-0.1, -0.05) is 20.8 Å². The van der Waals surface area contributed by atoms with Crippen molar-refractivity contribution in [2.45, 2.75) is 20.8 Å². The minimum atomic E-state index is -1.81. The first-order valence-corrected chi connectivity index (χ1v) is 4.83. The molecule has 0 aliphatic rings. The molecule has 0 aromatic carbocycles. The first kappa shape index (κ1) is 11.1. The Morgan fingerprint density at radius 2 is 1.91 bits per heavy atom. The fourth-order valence-electron chi connectivity index (χ4n) is 0.680. The maximum absolute atomic E-state index is 10.5. The van der Waals surface area contributed by atoms with Crippen molar-refractivity contribution in [2.75, 3.05) is 13.6 Å². The molecule has 0 amide bonds. The number of hydrogen-bond donors (Lipinski definition) is 1. The summed E-state index contributed by atoms with van der Waals surface area (Å²) in [5.74, 6) is 1.01. The second-order valence-corrected chi connectivity index (χ2v) is 4.35. The molecule has 0 aromatic rings. The van der Waals surface area contributed by atoms with E-state index in [-0.39, 0.29) is 0 Å². The predicted octanol–water partition coefficient (Wildman–Crippen LogP) is 1.35. The van der Waals surface area contributed by atoms with E-state index < -0.39 is 11.3 Å². The van der Waals surface area contributed by atoms with Gasteiger partial charge in [0.2, 0.25) is 11.3 Å². The predicted molar refractivity (Wildman–Crippen MR) is 47.4 cm³/mol. The van der Waals surface area contributed by atoms with E-state index in [0.29, 0.717) is 18.4 Å². The summed E-state index contributed by atoms with van der Waals surface area (Å²) in [6.07, 6.45) is 0. The Morgan fingerprint density at radius 3 is 2.18 bits per heavy atom. The maximum Gasteiger partial charge on any atom is 0.234 e. The van der Waals surface area contributed by atoms with Crippen LogP contribution in [0.5, 0.6) is 0 Å². The first-order valence-electron chi connectivity index (χ1n) is 3.77. The molecule has 0 saturated heterocycles. The van der Waals surface area contributed by atoms with E-state index in [1.165, 1.54) is 4.31 Å². The Bertz CT molecular complexity index is 138. The van der Waals surface area contributed by atoms with E-state index in [1.54, 1.807) is 7.05 Å². The highest BCUT2D eigenvalue weighted by atomic mass is 32.2. The lowest BCUT2D eigenvalue weighted by Crippen LogP contribution is -2.28. The Morgan fingerprint density at radius 1 is 1.45 bits per heavy atom. The van der Waals surface area contributed by atoms with Crippen LogP contribution < -0.4 is 0 Å².